The van der Waals surface area contributed by atoms with E-state index in [4.69, 9.17) is 0 Å². The quantitative estimate of drug-likeness (QED) is 0.618. The van der Waals surface area contributed by atoms with Crippen molar-refractivity contribution in [2.24, 2.45) is 0 Å². The molecule has 0 saturated heterocycles. The minimum Gasteiger partial charge on any atom is -0.260 e. The van der Waals surface area contributed by atoms with Gasteiger partial charge in [0.15, 0.2) is 0 Å². The maximum atomic E-state index is 4.22. The predicted molar refractivity (Wildman–Crippen MR) is 40.2 cm³/mol. The van der Waals surface area contributed by atoms with E-state index in [0.717, 1.165) is 6.42 Å². The van der Waals surface area contributed by atoms with E-state index in [1.807, 2.05) is 12.3 Å². The van der Waals surface area contributed by atoms with Gasteiger partial charge < -0.3 is 0 Å². The molecule has 0 aliphatic carbocycles. The smallest absolute Gasteiger partial charge is 0.0942 e. The summed E-state index contributed by atoms with van der Waals surface area (Å²) >= 11 is 4.22. The molecule has 1 atom stereocenters. The molecule has 0 aliphatic heterocycles. The van der Waals surface area contributed by atoms with Crippen LogP contribution in [0.4, 0.5) is 0 Å². The van der Waals surface area contributed by atoms with E-state index >= 15 is 0 Å². The van der Waals surface area contributed by atoms with Crippen LogP contribution < -0.4 is 0 Å². The maximum absolute atomic E-state index is 4.22. The van der Waals surface area contributed by atoms with Gasteiger partial charge in [-0.1, -0.05) is 6.92 Å². The number of aromatic nitrogens is 2. The molecule has 1 heterocycles. The molecule has 2 nitrogen and oxygen atoms in total. The van der Waals surface area contributed by atoms with Gasteiger partial charge >= 0.3 is 0 Å². The Bertz CT molecular complexity index is 160. The highest BCUT2D eigenvalue weighted by Gasteiger charge is 1.98. The molecule has 1 aromatic heterocycles. The minimum atomic E-state index is 0.125. The van der Waals surface area contributed by atoms with Crippen LogP contribution in [0.1, 0.15) is 11.8 Å². The van der Waals surface area contributed by atoms with Crippen molar-refractivity contribution in [1.82, 2.24) is 9.78 Å². The summed E-state index contributed by atoms with van der Waals surface area (Å²) in [5, 5.41) is 4.11. The lowest BCUT2D eigenvalue weighted by Crippen LogP contribution is -2.00. The molecular formula is C6H9N2S. The predicted octanol–water partition coefficient (Wildman–Crippen LogP) is 1.54. The molecule has 49 valence electrons. The van der Waals surface area contributed by atoms with Gasteiger partial charge in [-0.05, 0) is 12.5 Å². The third-order valence-corrected chi connectivity index (χ3v) is 1.58. The summed E-state index contributed by atoms with van der Waals surface area (Å²) in [4.78, 5) is 0. The van der Waals surface area contributed by atoms with Gasteiger partial charge in [0.05, 0.1) is 5.37 Å². The van der Waals surface area contributed by atoms with Gasteiger partial charge in [-0.3, -0.25) is 4.68 Å². The van der Waals surface area contributed by atoms with E-state index in [1.165, 1.54) is 0 Å². The van der Waals surface area contributed by atoms with E-state index in [1.54, 1.807) is 10.9 Å². The summed E-state index contributed by atoms with van der Waals surface area (Å²) in [5.74, 6) is 0. The van der Waals surface area contributed by atoms with Crippen LogP contribution in [0.2, 0.25) is 0 Å². The van der Waals surface area contributed by atoms with E-state index in [0.29, 0.717) is 0 Å². The average Bonchev–Trinajstić information content (AvgIpc) is 2.37. The maximum Gasteiger partial charge on any atom is 0.0942 e. The summed E-state index contributed by atoms with van der Waals surface area (Å²) in [6.07, 6.45) is 4.37. The SMILES string of the molecule is [CH2]CC(S)n1cccn1. The van der Waals surface area contributed by atoms with Crippen molar-refractivity contribution in [2.45, 2.75) is 11.8 Å². The fourth-order valence-corrected chi connectivity index (χ4v) is 0.726. The topological polar surface area (TPSA) is 17.8 Å². The first-order valence-corrected chi connectivity index (χ1v) is 3.32. The van der Waals surface area contributed by atoms with Crippen molar-refractivity contribution in [3.05, 3.63) is 25.4 Å². The first-order chi connectivity index (χ1) is 4.34. The van der Waals surface area contributed by atoms with Crippen molar-refractivity contribution in [2.75, 3.05) is 0 Å². The van der Waals surface area contributed by atoms with Gasteiger partial charge in [-0.25, -0.2) is 0 Å². The minimum absolute atomic E-state index is 0.125. The molecule has 1 radical (unpaired) electrons. The number of rotatable bonds is 2. The van der Waals surface area contributed by atoms with E-state index < -0.39 is 0 Å². The summed E-state index contributed by atoms with van der Waals surface area (Å²) in [5.41, 5.74) is 0. The van der Waals surface area contributed by atoms with E-state index in [-0.39, 0.29) is 5.37 Å². The lowest BCUT2D eigenvalue weighted by Gasteiger charge is -2.05. The fourth-order valence-electron chi connectivity index (χ4n) is 0.589. The van der Waals surface area contributed by atoms with Gasteiger partial charge in [-0.15, -0.1) is 0 Å². The first-order valence-electron chi connectivity index (χ1n) is 2.81. The summed E-state index contributed by atoms with van der Waals surface area (Å²) in [7, 11) is 0. The van der Waals surface area contributed by atoms with Crippen molar-refractivity contribution >= 4 is 12.6 Å². The Hall–Kier alpha value is -0.440. The standard InChI is InChI=1S/C6H9N2S/c1-2-6(9)8-5-3-4-7-8/h3-6,9H,1-2H2. The van der Waals surface area contributed by atoms with Crippen LogP contribution >= 0.6 is 12.6 Å². The van der Waals surface area contributed by atoms with Crippen molar-refractivity contribution in [3.63, 3.8) is 0 Å². The lowest BCUT2D eigenvalue weighted by molar-refractivity contribution is 0.609. The molecule has 0 N–H and O–H groups in total. The third-order valence-electron chi connectivity index (χ3n) is 1.09. The number of nitrogens with zero attached hydrogens (tertiary/aromatic N) is 2. The summed E-state index contributed by atoms with van der Waals surface area (Å²) < 4.78 is 1.77. The van der Waals surface area contributed by atoms with Crippen LogP contribution in [-0.2, 0) is 0 Å². The fraction of sp³-hybridized carbons (Fsp3) is 0.333. The van der Waals surface area contributed by atoms with Gasteiger partial charge in [0.1, 0.15) is 0 Å². The zero-order chi connectivity index (χ0) is 6.69. The van der Waals surface area contributed by atoms with Crippen LogP contribution in [0.5, 0.6) is 0 Å². The Kier molecular flexibility index (Phi) is 2.16. The zero-order valence-corrected chi connectivity index (χ0v) is 5.96. The van der Waals surface area contributed by atoms with Crippen LogP contribution in [0.15, 0.2) is 18.5 Å². The van der Waals surface area contributed by atoms with Crippen LogP contribution in [0, 0.1) is 6.92 Å². The Labute approximate surface area is 60.3 Å². The molecule has 3 heteroatoms. The average molecular weight is 141 g/mol. The first kappa shape index (κ1) is 6.68. The normalized spacial score (nSPS) is 13.6. The van der Waals surface area contributed by atoms with Gasteiger partial charge in [-0.2, -0.15) is 17.7 Å². The van der Waals surface area contributed by atoms with Gasteiger partial charge in [0.25, 0.3) is 0 Å². The molecule has 0 bridgehead atoms. The van der Waals surface area contributed by atoms with E-state index in [9.17, 15) is 0 Å². The van der Waals surface area contributed by atoms with Crippen LogP contribution in [0.3, 0.4) is 0 Å². The second kappa shape index (κ2) is 2.92. The van der Waals surface area contributed by atoms with Crippen molar-refractivity contribution in [3.8, 4) is 0 Å². The Balaban J connectivity index is 2.65. The summed E-state index contributed by atoms with van der Waals surface area (Å²) in [6.45, 7) is 3.70. The summed E-state index contributed by atoms with van der Waals surface area (Å²) in [6, 6.07) is 1.87. The highest BCUT2D eigenvalue weighted by molar-refractivity contribution is 7.80. The molecule has 0 saturated carbocycles. The highest BCUT2D eigenvalue weighted by Crippen LogP contribution is 2.11. The molecule has 0 aliphatic rings. The Morgan fingerprint density at radius 1 is 1.78 bits per heavy atom. The molecule has 9 heavy (non-hydrogen) atoms. The highest BCUT2D eigenvalue weighted by atomic mass is 32.1. The van der Waals surface area contributed by atoms with Crippen LogP contribution in [0.25, 0.3) is 0 Å². The molecule has 0 amide bonds. The number of hydrogen-bond donors (Lipinski definition) is 1. The molecular weight excluding hydrogens is 132 g/mol. The number of hydrogen-bond acceptors (Lipinski definition) is 2. The van der Waals surface area contributed by atoms with E-state index in [2.05, 4.69) is 24.7 Å². The monoisotopic (exact) mass is 141 g/mol. The lowest BCUT2D eigenvalue weighted by atomic mass is 10.5. The van der Waals surface area contributed by atoms with Gasteiger partial charge in [0, 0.05) is 12.4 Å². The molecule has 1 unspecified atom stereocenters. The molecule has 1 rings (SSSR count). The van der Waals surface area contributed by atoms with Crippen molar-refractivity contribution in [1.29, 1.82) is 0 Å². The second-order valence-corrected chi connectivity index (χ2v) is 2.35. The second-order valence-electron chi connectivity index (χ2n) is 1.76. The Morgan fingerprint density at radius 2 is 2.56 bits per heavy atom. The Morgan fingerprint density at radius 3 is 3.00 bits per heavy atom. The van der Waals surface area contributed by atoms with Crippen molar-refractivity contribution < 1.29 is 0 Å². The molecule has 1 aromatic rings. The largest absolute Gasteiger partial charge is 0.260 e. The van der Waals surface area contributed by atoms with Crippen LogP contribution in [-0.4, -0.2) is 9.78 Å². The number of thiol groups is 1. The van der Waals surface area contributed by atoms with Gasteiger partial charge in [0.2, 0.25) is 0 Å². The molecule has 0 fully saturated rings. The molecule has 0 aromatic carbocycles. The molecule has 0 spiro atoms. The third kappa shape index (κ3) is 1.48. The zero-order valence-electron chi connectivity index (χ0n) is 5.07.